The molecule has 0 amide bonds. The van der Waals surface area contributed by atoms with Crippen molar-refractivity contribution in [2.24, 2.45) is 5.92 Å². The summed E-state index contributed by atoms with van der Waals surface area (Å²) in [4.78, 5) is 11.0. The summed E-state index contributed by atoms with van der Waals surface area (Å²) in [5.41, 5.74) is 0. The van der Waals surface area contributed by atoms with Crippen LogP contribution in [0.2, 0.25) is 0 Å². The number of rotatable bonds is 16. The summed E-state index contributed by atoms with van der Waals surface area (Å²) in [7, 11) is 0. The van der Waals surface area contributed by atoms with Gasteiger partial charge in [0.15, 0.2) is 0 Å². The topological polar surface area (TPSA) is 43.4 Å². The van der Waals surface area contributed by atoms with Crippen molar-refractivity contribution in [2.45, 2.75) is 104 Å². The van der Waals surface area contributed by atoms with Crippen molar-refractivity contribution in [3.05, 3.63) is 0 Å². The molecule has 0 N–H and O–H groups in total. The average molecular weight is 326 g/mol. The molecule has 0 rings (SSSR count). The van der Waals surface area contributed by atoms with E-state index < -0.39 is 15.5 Å². The van der Waals surface area contributed by atoms with Crippen molar-refractivity contribution >= 4 is 21.5 Å². The van der Waals surface area contributed by atoms with Gasteiger partial charge in [0.2, 0.25) is 0 Å². The summed E-state index contributed by atoms with van der Waals surface area (Å²) in [6.07, 6.45) is 17.3. The van der Waals surface area contributed by atoms with Gasteiger partial charge in [0, 0.05) is 0 Å². The van der Waals surface area contributed by atoms with Crippen LogP contribution in [0.3, 0.4) is 0 Å². The van der Waals surface area contributed by atoms with Gasteiger partial charge in [-0.2, -0.15) is 0 Å². The van der Waals surface area contributed by atoms with Gasteiger partial charge in [-0.1, -0.05) is 39.5 Å². The van der Waals surface area contributed by atoms with Crippen LogP contribution in [0.4, 0.5) is 0 Å². The van der Waals surface area contributed by atoms with E-state index in [-0.39, 0.29) is 5.97 Å². The number of hydrogen-bond donors (Lipinski definition) is 0. The predicted octanol–water partition coefficient (Wildman–Crippen LogP) is 5.61. The first-order chi connectivity index (χ1) is 10.7. The van der Waals surface area contributed by atoms with E-state index >= 15 is 0 Å². The van der Waals surface area contributed by atoms with Crippen molar-refractivity contribution in [3.8, 4) is 0 Å². The zero-order valence-electron chi connectivity index (χ0n) is 14.8. The Morgan fingerprint density at radius 3 is 1.59 bits per heavy atom. The molecule has 0 unspecified atom stereocenters. The van der Waals surface area contributed by atoms with Gasteiger partial charge >= 0.3 is 98.1 Å². The van der Waals surface area contributed by atoms with E-state index in [9.17, 15) is 8.60 Å². The van der Waals surface area contributed by atoms with Crippen molar-refractivity contribution in [3.63, 3.8) is 0 Å². The number of carbonyl (C=O) groups excluding carboxylic acids is 1. The second-order valence-electron chi connectivity index (χ2n) is 6.76. The average Bonchev–Trinajstić information content (AvgIpc) is 2.47. The van der Waals surface area contributed by atoms with Crippen LogP contribution < -0.4 is 0 Å². The van der Waals surface area contributed by atoms with Crippen LogP contribution in [0.1, 0.15) is 104 Å². The summed E-state index contributed by atoms with van der Waals surface area (Å²) in [5, 5.41) is 0. The minimum absolute atomic E-state index is 0.307. The third-order valence-electron chi connectivity index (χ3n) is 4.09. The Morgan fingerprint density at radius 2 is 1.18 bits per heavy atom. The minimum atomic E-state index is -1.38. The fourth-order valence-corrected chi connectivity index (χ4v) is 2.93. The first-order valence-corrected chi connectivity index (χ1v) is 10.2. The first-order valence-electron chi connectivity index (χ1n) is 9.30. The van der Waals surface area contributed by atoms with Crippen LogP contribution in [0.15, 0.2) is 0 Å². The van der Waals surface area contributed by atoms with Crippen LogP contribution in [-0.4, -0.2) is 21.5 Å². The summed E-state index contributed by atoms with van der Waals surface area (Å²) in [5.74, 6) is 0.553. The molecule has 0 aromatic heterocycles. The number of unbranched alkanes of at least 4 members (excludes halogenated alkanes) is 11. The summed E-state index contributed by atoms with van der Waals surface area (Å²) in [6.45, 7) is 4.61. The van der Waals surface area contributed by atoms with Crippen LogP contribution >= 0.6 is 0 Å². The molecule has 0 atom stereocenters. The van der Waals surface area contributed by atoms with Crippen LogP contribution in [-0.2, 0) is 12.4 Å². The molecule has 0 aromatic carbocycles. The van der Waals surface area contributed by atoms with E-state index in [0.717, 1.165) is 18.8 Å². The Kier molecular flexibility index (Phi) is 17.0. The van der Waals surface area contributed by atoms with Crippen molar-refractivity contribution in [2.75, 3.05) is 0 Å². The van der Waals surface area contributed by atoms with Crippen LogP contribution in [0.25, 0.3) is 0 Å². The Bertz CT molecular complexity index is 267. The molecular formula is C18H35AlO3. The third-order valence-corrected chi connectivity index (χ3v) is 4.45. The van der Waals surface area contributed by atoms with Gasteiger partial charge < -0.3 is 0 Å². The molecule has 0 spiro atoms. The monoisotopic (exact) mass is 326 g/mol. The van der Waals surface area contributed by atoms with Gasteiger partial charge in [-0.25, -0.2) is 0 Å². The van der Waals surface area contributed by atoms with E-state index in [2.05, 4.69) is 17.6 Å². The molecule has 0 aromatic rings. The molecule has 4 heteroatoms. The standard InChI is InChI=1S/C18H36O2.Al.O/c1-17(2)15-13-11-9-7-5-3-4-6-8-10-12-14-16-18(19)20;;/h17H,3-16H2,1-2H3,(H,19,20);;/q;+1;/p-1. The van der Waals surface area contributed by atoms with Gasteiger partial charge in [0.05, 0.1) is 0 Å². The molecule has 0 fully saturated rings. The molecule has 0 heterocycles. The van der Waals surface area contributed by atoms with E-state index in [0.29, 0.717) is 6.42 Å². The fraction of sp³-hybridized carbons (Fsp3) is 0.944. The van der Waals surface area contributed by atoms with Crippen molar-refractivity contribution < 1.29 is 12.4 Å². The van der Waals surface area contributed by atoms with Crippen molar-refractivity contribution in [1.82, 2.24) is 0 Å². The Hall–Kier alpha value is -0.198. The second kappa shape index (κ2) is 17.2. The molecule has 0 aliphatic rings. The fourth-order valence-electron chi connectivity index (χ4n) is 2.70. The van der Waals surface area contributed by atoms with E-state index in [4.69, 9.17) is 0 Å². The Balaban J connectivity index is 3.05. The van der Waals surface area contributed by atoms with Gasteiger partial charge in [0.25, 0.3) is 0 Å². The van der Waals surface area contributed by atoms with Gasteiger partial charge in [-0.3, -0.25) is 0 Å². The van der Waals surface area contributed by atoms with E-state index in [1.165, 1.54) is 70.6 Å². The maximum absolute atomic E-state index is 11.0. The quantitative estimate of drug-likeness (QED) is 0.273. The van der Waals surface area contributed by atoms with Crippen molar-refractivity contribution in [1.29, 1.82) is 0 Å². The molecule has 0 aliphatic heterocycles. The third kappa shape index (κ3) is 17.9. The first kappa shape index (κ1) is 21.8. The second-order valence-corrected chi connectivity index (χ2v) is 7.19. The van der Waals surface area contributed by atoms with Crippen LogP contribution in [0.5, 0.6) is 0 Å². The van der Waals surface area contributed by atoms with Gasteiger partial charge in [0.1, 0.15) is 0 Å². The Morgan fingerprint density at radius 1 is 0.773 bits per heavy atom. The summed E-state index contributed by atoms with van der Waals surface area (Å²) in [6, 6.07) is 0. The SMILES string of the molecule is CC(C)CCCCCCCCCCCCCCC(=O)[O][Al]=[O]. The Labute approximate surface area is 143 Å². The van der Waals surface area contributed by atoms with Gasteiger partial charge in [-0.05, 0) is 5.92 Å². The molecular weight excluding hydrogens is 291 g/mol. The summed E-state index contributed by atoms with van der Waals surface area (Å²) < 4.78 is 14.6. The molecule has 0 radical (unpaired) electrons. The molecule has 0 saturated heterocycles. The van der Waals surface area contributed by atoms with E-state index in [1.807, 2.05) is 0 Å². The van der Waals surface area contributed by atoms with Crippen LogP contribution in [0, 0.1) is 5.92 Å². The maximum atomic E-state index is 11.0. The number of hydrogen-bond acceptors (Lipinski definition) is 3. The molecule has 0 saturated carbocycles. The zero-order valence-corrected chi connectivity index (χ0v) is 15.9. The molecule has 22 heavy (non-hydrogen) atoms. The zero-order chi connectivity index (χ0) is 16.5. The molecule has 3 nitrogen and oxygen atoms in total. The molecule has 0 bridgehead atoms. The van der Waals surface area contributed by atoms with Gasteiger partial charge in [-0.15, -0.1) is 0 Å². The normalized spacial score (nSPS) is 10.7. The molecule has 0 aliphatic carbocycles. The summed E-state index contributed by atoms with van der Waals surface area (Å²) >= 11 is -1.38. The van der Waals surface area contributed by atoms with E-state index in [1.54, 1.807) is 0 Å². The predicted molar refractivity (Wildman–Crippen MR) is 92.0 cm³/mol. The number of carbonyl (C=O) groups is 1. The molecule has 128 valence electrons.